The molecular formula is C34H31BrN2S2. The lowest BCUT2D eigenvalue weighted by atomic mass is 10.2. The first kappa shape index (κ1) is 28.4. The number of hydrogen-bond acceptors (Lipinski definition) is 4. The molecule has 2 aromatic heterocycles. The van der Waals surface area contributed by atoms with Crippen molar-refractivity contribution in [2.75, 3.05) is 10.2 Å². The van der Waals surface area contributed by atoms with Crippen LogP contribution in [0.5, 0.6) is 0 Å². The third kappa shape index (κ3) is 9.25. The van der Waals surface area contributed by atoms with Crippen molar-refractivity contribution >= 4 is 66.4 Å². The molecular weight excluding hydrogens is 580 g/mol. The van der Waals surface area contributed by atoms with Crippen molar-refractivity contribution in [3.63, 3.8) is 0 Å². The van der Waals surface area contributed by atoms with E-state index in [1.165, 1.54) is 31.3 Å². The van der Waals surface area contributed by atoms with Gasteiger partial charge in [0.1, 0.15) is 0 Å². The molecule has 196 valence electrons. The Balaban J connectivity index is 0.000000154. The molecule has 6 aromatic rings. The first-order valence-electron chi connectivity index (χ1n) is 12.6. The molecule has 0 saturated heterocycles. The second-order valence-corrected chi connectivity index (χ2v) is 12.0. The van der Waals surface area contributed by atoms with E-state index in [-0.39, 0.29) is 0 Å². The lowest BCUT2D eigenvalue weighted by molar-refractivity contribution is 1.30. The monoisotopic (exact) mass is 610 g/mol. The topological polar surface area (TPSA) is 15.3 Å². The number of benzene rings is 4. The van der Waals surface area contributed by atoms with E-state index in [2.05, 4.69) is 142 Å². The van der Waals surface area contributed by atoms with E-state index in [9.17, 15) is 0 Å². The predicted octanol–water partition coefficient (Wildman–Crippen LogP) is 11.8. The summed E-state index contributed by atoms with van der Waals surface area (Å²) in [6.45, 7) is 4.22. The van der Waals surface area contributed by atoms with Gasteiger partial charge in [-0.05, 0) is 118 Å². The molecule has 1 N–H and O–H groups in total. The molecule has 0 aliphatic heterocycles. The maximum Gasteiger partial charge on any atom is 0.0999 e. The summed E-state index contributed by atoms with van der Waals surface area (Å²) in [6, 6.07) is 45.9. The lowest BCUT2D eigenvalue weighted by Crippen LogP contribution is -2.08. The fourth-order valence-corrected chi connectivity index (χ4v) is 5.50. The average Bonchev–Trinajstić information content (AvgIpc) is 3.66. The second-order valence-electron chi connectivity index (χ2n) is 8.74. The zero-order chi connectivity index (χ0) is 27.3. The van der Waals surface area contributed by atoms with Gasteiger partial charge in [0.05, 0.1) is 8.79 Å². The number of thiophene rings is 2. The van der Waals surface area contributed by atoms with Gasteiger partial charge in [-0.15, -0.1) is 22.7 Å². The Bertz CT molecular complexity index is 1500. The first-order chi connectivity index (χ1) is 19.1. The van der Waals surface area contributed by atoms with Crippen LogP contribution in [0, 0.1) is 13.8 Å². The molecule has 39 heavy (non-hydrogen) atoms. The maximum atomic E-state index is 3.34. The molecule has 0 aliphatic rings. The van der Waals surface area contributed by atoms with Gasteiger partial charge in [-0.3, -0.25) is 0 Å². The van der Waals surface area contributed by atoms with Gasteiger partial charge >= 0.3 is 0 Å². The molecule has 0 unspecified atom stereocenters. The number of halogens is 1. The first-order valence-corrected chi connectivity index (χ1v) is 15.2. The van der Waals surface area contributed by atoms with Crippen LogP contribution < -0.4 is 10.2 Å². The molecule has 6 rings (SSSR count). The summed E-state index contributed by atoms with van der Waals surface area (Å²) in [4.78, 5) is 2.29. The highest BCUT2D eigenvalue weighted by Gasteiger charge is 2.12. The smallest absolute Gasteiger partial charge is 0.0999 e. The fraction of sp³-hybridized carbons (Fsp3) is 0.0588. The normalized spacial score (nSPS) is 9.92. The molecule has 0 spiro atoms. The third-order valence-electron chi connectivity index (χ3n) is 5.57. The molecule has 0 radical (unpaired) electrons. The van der Waals surface area contributed by atoms with E-state index < -0.39 is 0 Å². The quantitative estimate of drug-likeness (QED) is 0.209. The number of anilines is 5. The van der Waals surface area contributed by atoms with E-state index in [1.807, 2.05) is 41.8 Å². The zero-order valence-corrected chi connectivity index (χ0v) is 25.2. The predicted molar refractivity (Wildman–Crippen MR) is 177 cm³/mol. The van der Waals surface area contributed by atoms with Crippen LogP contribution in [0.3, 0.4) is 0 Å². The molecule has 5 heteroatoms. The summed E-state index contributed by atoms with van der Waals surface area (Å²) >= 11 is 6.75. The van der Waals surface area contributed by atoms with E-state index in [4.69, 9.17) is 0 Å². The molecule has 0 fully saturated rings. The van der Waals surface area contributed by atoms with Gasteiger partial charge in [0.15, 0.2) is 0 Å². The van der Waals surface area contributed by atoms with Crippen LogP contribution in [0.1, 0.15) is 11.1 Å². The van der Waals surface area contributed by atoms with Gasteiger partial charge < -0.3 is 10.2 Å². The van der Waals surface area contributed by atoms with E-state index in [0.717, 1.165) is 11.4 Å². The molecule has 4 aromatic carbocycles. The number of para-hydroxylation sites is 2. The third-order valence-corrected chi connectivity index (χ3v) is 7.90. The average molecular weight is 612 g/mol. The number of nitrogens with one attached hydrogen (secondary N) is 1. The summed E-state index contributed by atoms with van der Waals surface area (Å²) in [5, 5.41) is 8.72. The minimum absolute atomic E-state index is 1.12. The zero-order valence-electron chi connectivity index (χ0n) is 22.0. The highest BCUT2D eigenvalue weighted by atomic mass is 79.9. The van der Waals surface area contributed by atoms with Crippen LogP contribution in [0.2, 0.25) is 0 Å². The summed E-state index contributed by atoms with van der Waals surface area (Å²) in [5.74, 6) is 0. The molecule has 0 aliphatic carbocycles. The molecule has 0 amide bonds. The molecule has 0 bridgehead atoms. The molecule has 2 heterocycles. The molecule has 0 atom stereocenters. The number of aryl methyl sites for hydroxylation is 2. The Kier molecular flexibility index (Phi) is 11.0. The van der Waals surface area contributed by atoms with Gasteiger partial charge in [0, 0.05) is 22.7 Å². The van der Waals surface area contributed by atoms with Crippen LogP contribution in [-0.4, -0.2) is 0 Å². The van der Waals surface area contributed by atoms with Crippen LogP contribution in [0.4, 0.5) is 27.8 Å². The lowest BCUT2D eigenvalue weighted by Gasteiger charge is -2.23. The summed E-state index contributed by atoms with van der Waals surface area (Å²) < 4.78 is 1.20. The highest BCUT2D eigenvalue weighted by molar-refractivity contribution is 9.11. The van der Waals surface area contributed by atoms with Crippen molar-refractivity contribution in [2.24, 2.45) is 0 Å². The van der Waals surface area contributed by atoms with Crippen LogP contribution >= 0.6 is 38.6 Å². The van der Waals surface area contributed by atoms with Crippen molar-refractivity contribution in [1.29, 1.82) is 0 Å². The molecule has 2 nitrogen and oxygen atoms in total. The number of nitrogens with zero attached hydrogens (tertiary/aromatic N) is 1. The Labute approximate surface area is 248 Å². The van der Waals surface area contributed by atoms with Crippen LogP contribution in [-0.2, 0) is 0 Å². The minimum Gasteiger partial charge on any atom is -0.356 e. The summed E-state index contributed by atoms with van der Waals surface area (Å²) in [6.07, 6.45) is 0. The van der Waals surface area contributed by atoms with Crippen molar-refractivity contribution in [3.05, 3.63) is 159 Å². The van der Waals surface area contributed by atoms with Gasteiger partial charge in [0.25, 0.3) is 0 Å². The van der Waals surface area contributed by atoms with E-state index >= 15 is 0 Å². The number of hydrogen-bond donors (Lipinski definition) is 1. The van der Waals surface area contributed by atoms with Crippen molar-refractivity contribution in [1.82, 2.24) is 0 Å². The Morgan fingerprint density at radius 1 is 0.538 bits per heavy atom. The minimum atomic E-state index is 1.12. The largest absolute Gasteiger partial charge is 0.356 e. The Morgan fingerprint density at radius 2 is 1.13 bits per heavy atom. The SMILES string of the molecule is Brc1cccs1.Cc1cccc(N(c2ccccc2)c2cccs2)c1.Cc1cccc(Nc2ccccc2)c1. The number of rotatable bonds is 5. The maximum absolute atomic E-state index is 3.34. The van der Waals surface area contributed by atoms with Crippen molar-refractivity contribution in [2.45, 2.75) is 13.8 Å². The second kappa shape index (κ2) is 15.1. The van der Waals surface area contributed by atoms with Crippen LogP contribution in [0.15, 0.2) is 148 Å². The molecule has 0 saturated carbocycles. The van der Waals surface area contributed by atoms with Gasteiger partial charge in [0.2, 0.25) is 0 Å². The van der Waals surface area contributed by atoms with Gasteiger partial charge in [-0.25, -0.2) is 0 Å². The Morgan fingerprint density at radius 3 is 1.69 bits per heavy atom. The van der Waals surface area contributed by atoms with Crippen LogP contribution in [0.25, 0.3) is 0 Å². The van der Waals surface area contributed by atoms with Crippen molar-refractivity contribution < 1.29 is 0 Å². The summed E-state index contributed by atoms with van der Waals surface area (Å²) in [5.41, 5.74) is 7.19. The fourth-order valence-electron chi connectivity index (χ4n) is 3.81. The highest BCUT2D eigenvalue weighted by Crippen LogP contribution is 2.37. The van der Waals surface area contributed by atoms with Gasteiger partial charge in [-0.2, -0.15) is 0 Å². The van der Waals surface area contributed by atoms with Gasteiger partial charge in [-0.1, -0.05) is 66.7 Å². The van der Waals surface area contributed by atoms with E-state index in [0.29, 0.717) is 0 Å². The Hall–Kier alpha value is -3.64. The van der Waals surface area contributed by atoms with Crippen molar-refractivity contribution in [3.8, 4) is 0 Å². The van der Waals surface area contributed by atoms with E-state index in [1.54, 1.807) is 22.7 Å². The summed E-state index contributed by atoms with van der Waals surface area (Å²) in [7, 11) is 0. The standard InChI is InChI=1S/C17H15NS.C13H13N.C4H3BrS/c1-14-7-5-10-16(13-14)18(17-11-6-12-19-17)15-8-3-2-4-9-15;1-11-6-5-9-13(10-11)14-12-7-3-2-4-8-12;5-4-2-1-3-6-4/h2-13H,1H3;2-10,14H,1H3;1-3H.